The number of rotatable bonds is 42. The number of amides is 8. The summed E-state index contributed by atoms with van der Waals surface area (Å²) < 4.78 is 13.9. The Morgan fingerprint density at radius 1 is 0.406 bits per heavy atom. The minimum atomic E-state index is -0.629. The zero-order valence-corrected chi connectivity index (χ0v) is 87.1. The van der Waals surface area contributed by atoms with Gasteiger partial charge in [-0.25, -0.2) is 0 Å². The van der Waals surface area contributed by atoms with E-state index < -0.39 is 47.3 Å². The topological polar surface area (TPSA) is 277 Å². The molecule has 764 valence electrons. The van der Waals surface area contributed by atoms with Crippen LogP contribution in [0, 0.1) is 34.5 Å². The molecule has 8 N–H and O–H groups in total. The highest BCUT2D eigenvalue weighted by molar-refractivity contribution is 5.93. The van der Waals surface area contributed by atoms with Gasteiger partial charge in [0.1, 0.15) is 24.2 Å². The minimum absolute atomic E-state index is 0.0138. The number of hydrogen-bond donors (Lipinski definition) is 8. The largest absolute Gasteiger partial charge is 0.374 e. The van der Waals surface area contributed by atoms with Crippen LogP contribution < -0.4 is 42.5 Å². The number of unbranched alkanes of at least 4 members (excludes halogenated alkanes) is 1. The van der Waals surface area contributed by atoms with Crippen LogP contribution in [-0.2, 0) is 73.5 Å². The van der Waals surface area contributed by atoms with Crippen molar-refractivity contribution in [3.63, 3.8) is 0 Å². The Bertz CT molecular complexity index is 4310. The third-order valence-corrected chi connectivity index (χ3v) is 34.9. The van der Waals surface area contributed by atoms with Crippen LogP contribution in [0.15, 0.2) is 109 Å². The molecule has 138 heavy (non-hydrogen) atoms. The van der Waals surface area contributed by atoms with Gasteiger partial charge in [-0.3, -0.25) is 58.0 Å². The SMILES string of the molecule is CN[C@@H](C)C(=O)N[C@H](C(=O)N1CCC[C@H]1CN(CCCCN(C[C@@H]1CCCN1C(=O)[C@H](NC(=O)[C@H](C)NC)C1CCCCC1)C1CCc2ccccc21)C1CCc2ccccc21)C1CCCCC1.CN[C@@H](C)C(=O)N[C@H](C(=O)N1CC[C@@]2(C)C[C@@H](OCCO[C@H]3CN(CCc4ccccc4)C[C@@]4(C)N(C(=O)[C@@H](NC(=O)[C@H](C)NC)C(C)C)CC[C@@]4(C)C3)CN(CCc3ccccc3)C[C@@]12C)C(C)C. The number of fused-ring (bicyclic) bond motifs is 4. The van der Waals surface area contributed by atoms with Gasteiger partial charge in [0, 0.05) is 103 Å². The van der Waals surface area contributed by atoms with Crippen LogP contribution in [0.4, 0.5) is 0 Å². The molecule has 10 aliphatic rings. The monoisotopic (exact) mass is 1910 g/mol. The molecule has 0 radical (unpaired) electrons. The molecule has 0 aromatic heterocycles. The molecule has 2 saturated carbocycles. The van der Waals surface area contributed by atoms with E-state index in [1.165, 1.54) is 46.2 Å². The number of carbonyl (C=O) groups excluding carboxylic acids is 8. The summed E-state index contributed by atoms with van der Waals surface area (Å²) in [6.45, 7) is 36.4. The number of aryl methyl sites for hydroxylation is 2. The van der Waals surface area contributed by atoms with Crippen molar-refractivity contribution in [2.45, 2.75) is 346 Å². The smallest absolute Gasteiger partial charge is 0.245 e. The number of nitrogens with zero attached hydrogens (tertiary/aromatic N) is 8. The molecule has 4 aromatic carbocycles. The van der Waals surface area contributed by atoms with E-state index in [2.05, 4.69) is 219 Å². The maximum atomic E-state index is 14.8. The Morgan fingerprint density at radius 2 is 0.754 bits per heavy atom. The molecule has 4 aliphatic carbocycles. The van der Waals surface area contributed by atoms with Crippen LogP contribution in [0.25, 0.3) is 0 Å². The predicted molar refractivity (Wildman–Crippen MR) is 549 cm³/mol. The highest BCUT2D eigenvalue weighted by atomic mass is 16.5. The molecule has 26 nitrogen and oxygen atoms in total. The van der Waals surface area contributed by atoms with Crippen molar-refractivity contribution >= 4 is 47.3 Å². The molecular formula is C112H176N16O10. The second-order valence-corrected chi connectivity index (χ2v) is 44.6. The second kappa shape index (κ2) is 50.0. The summed E-state index contributed by atoms with van der Waals surface area (Å²) in [6.07, 6.45) is 26.1. The van der Waals surface area contributed by atoms with Gasteiger partial charge in [0.15, 0.2) is 0 Å². The molecule has 6 aliphatic heterocycles. The highest BCUT2D eigenvalue weighted by Gasteiger charge is 2.61. The van der Waals surface area contributed by atoms with E-state index in [4.69, 9.17) is 9.47 Å². The lowest BCUT2D eigenvalue weighted by molar-refractivity contribution is -0.144. The lowest BCUT2D eigenvalue weighted by atomic mass is 9.69. The van der Waals surface area contributed by atoms with E-state index in [1.54, 1.807) is 28.2 Å². The second-order valence-electron chi connectivity index (χ2n) is 44.6. The molecular weight excluding hydrogens is 1730 g/mol. The number of benzene rings is 4. The van der Waals surface area contributed by atoms with Crippen LogP contribution in [0.5, 0.6) is 0 Å². The molecule has 0 spiro atoms. The van der Waals surface area contributed by atoms with Crippen molar-refractivity contribution < 1.29 is 47.8 Å². The summed E-state index contributed by atoms with van der Waals surface area (Å²) in [4.78, 5) is 131. The highest BCUT2D eigenvalue weighted by Crippen LogP contribution is 2.54. The maximum Gasteiger partial charge on any atom is 0.245 e. The van der Waals surface area contributed by atoms with Crippen molar-refractivity contribution in [2.75, 3.05) is 133 Å². The van der Waals surface area contributed by atoms with Crippen molar-refractivity contribution in [3.8, 4) is 0 Å². The van der Waals surface area contributed by atoms with Gasteiger partial charge in [0.2, 0.25) is 47.3 Å². The number of likely N-dealkylation sites (N-methyl/N-ethyl adjacent to an activating group) is 4. The molecule has 26 heteroatoms. The summed E-state index contributed by atoms with van der Waals surface area (Å²) in [5.74, 6) is -0.115. The molecule has 18 atom stereocenters. The first-order chi connectivity index (χ1) is 66.3. The summed E-state index contributed by atoms with van der Waals surface area (Å²) in [7, 11) is 7.11. The van der Waals surface area contributed by atoms with E-state index in [0.29, 0.717) is 51.5 Å². The van der Waals surface area contributed by atoms with E-state index in [9.17, 15) is 38.4 Å². The zero-order valence-electron chi connectivity index (χ0n) is 87.1. The molecule has 8 amide bonds. The van der Waals surface area contributed by atoms with Crippen molar-refractivity contribution in [2.24, 2.45) is 34.5 Å². The van der Waals surface area contributed by atoms with Crippen LogP contribution in [0.1, 0.15) is 270 Å². The fourth-order valence-corrected chi connectivity index (χ4v) is 25.3. The molecule has 8 fully saturated rings. The molecule has 6 heterocycles. The first-order valence-corrected chi connectivity index (χ1v) is 53.9. The molecule has 6 saturated heterocycles. The number of ether oxygens (including phenoxy) is 2. The first-order valence-electron chi connectivity index (χ1n) is 53.9. The fraction of sp³-hybridized carbons (Fsp3) is 0.714. The van der Waals surface area contributed by atoms with Gasteiger partial charge in [0.05, 0.1) is 60.7 Å². The Hall–Kier alpha value is -7.76. The summed E-state index contributed by atoms with van der Waals surface area (Å²) >= 11 is 0. The summed E-state index contributed by atoms with van der Waals surface area (Å²) in [5.41, 5.74) is 6.89. The molecule has 0 bridgehead atoms. The van der Waals surface area contributed by atoms with Crippen LogP contribution >= 0.6 is 0 Å². The number of likely N-dealkylation sites (tertiary alicyclic amines) is 6. The van der Waals surface area contributed by atoms with Gasteiger partial charge in [-0.2, -0.15) is 0 Å². The lowest BCUT2D eigenvalue weighted by Crippen LogP contribution is -2.62. The molecule has 2 unspecified atom stereocenters. The zero-order chi connectivity index (χ0) is 98.6. The van der Waals surface area contributed by atoms with E-state index in [-0.39, 0.29) is 118 Å². The van der Waals surface area contributed by atoms with Gasteiger partial charge in [-0.15, -0.1) is 0 Å². The minimum Gasteiger partial charge on any atom is -0.374 e. The number of nitrogens with one attached hydrogen (secondary N) is 8. The van der Waals surface area contributed by atoms with Crippen molar-refractivity contribution in [1.29, 1.82) is 0 Å². The van der Waals surface area contributed by atoms with Gasteiger partial charge >= 0.3 is 0 Å². The Labute approximate surface area is 828 Å². The summed E-state index contributed by atoms with van der Waals surface area (Å²) in [5, 5.41) is 24.9. The summed E-state index contributed by atoms with van der Waals surface area (Å²) in [6, 6.07) is 36.3. The molecule has 14 rings (SSSR count). The van der Waals surface area contributed by atoms with Crippen LogP contribution in [0.2, 0.25) is 0 Å². The van der Waals surface area contributed by atoms with Gasteiger partial charge in [0.25, 0.3) is 0 Å². The third kappa shape index (κ3) is 26.1. The predicted octanol–water partition coefficient (Wildman–Crippen LogP) is 12.2. The quantitative estimate of drug-likeness (QED) is 0.0191. The van der Waals surface area contributed by atoms with E-state index in [0.717, 1.165) is 220 Å². The Morgan fingerprint density at radius 3 is 1.11 bits per heavy atom. The van der Waals surface area contributed by atoms with Crippen LogP contribution in [-0.4, -0.2) is 303 Å². The molecule has 4 aromatic rings. The number of carbonyl (C=O) groups is 8. The van der Waals surface area contributed by atoms with Gasteiger partial charge in [-0.1, -0.05) is 189 Å². The standard InChI is InChI=1S/C56H90N8O6.C56H86N8O4/c1-39(2)47(59-49(65)41(5)57-11)51(67)63-29-25-53(7)33-45(35-61(37-55(53,63)9)27-23-43-19-15-13-16-20-43)69-31-32-70-46-34-54(8)26-30-64(52(68)48(40(3)4)60-50(66)42(6)58-12)56(54,10)38-62(36-46)28-24-44-21-17-14-18-22-44;1-39(57-3)53(65)59-51(43-21-7-5-8-22-43)55(67)63-35-17-25-45(63)37-61(49-31-29-41-19-11-13-27-47(41)49)33-15-16-34-62(50-32-30-42-20-12-14-28-48(42)50)38-46-26-18-36-64(46)56(68)52(44-23-9-6-10-24-44)60-54(66)40(2)58-4/h13-22,39-42,45-48,57-58H,23-38H2,1-12H3,(H,59,65)(H,60,66);11-14,19-20,27-28,39-40,43-46,49-52,57-58H,5-10,15-18,21-26,29-38H2,1-4H3,(H,59,65)(H,60,66)/t41-,42-,45+,46+,47-,48-,53-,54-,55+,56+;39-,40-,45-,46-,49?,50?,51-,52+/m00/s1. The van der Waals surface area contributed by atoms with E-state index >= 15 is 0 Å². The number of hydrogen-bond acceptors (Lipinski definition) is 18. The van der Waals surface area contributed by atoms with Crippen molar-refractivity contribution in [1.82, 2.24) is 81.7 Å². The average Bonchev–Trinajstić information content (AvgIpc) is 1.58. The third-order valence-electron chi connectivity index (χ3n) is 34.9. The first kappa shape index (κ1) is 108. The van der Waals surface area contributed by atoms with Crippen molar-refractivity contribution in [3.05, 3.63) is 143 Å². The maximum absolute atomic E-state index is 14.8. The van der Waals surface area contributed by atoms with E-state index in [1.807, 2.05) is 55.4 Å². The fourth-order valence-electron chi connectivity index (χ4n) is 25.3. The average molecular weight is 1910 g/mol. The van der Waals surface area contributed by atoms with Gasteiger partial charge < -0.3 is 71.6 Å². The lowest BCUT2D eigenvalue weighted by Gasteiger charge is -2.47. The normalized spacial score (nSPS) is 27.1. The van der Waals surface area contributed by atoms with Crippen LogP contribution in [0.3, 0.4) is 0 Å². The Balaban J connectivity index is 0.000000233. The van der Waals surface area contributed by atoms with Gasteiger partial charge in [-0.05, 0) is 279 Å². The Kier molecular flexibility index (Phi) is 38.9.